The Bertz CT molecular complexity index is 514. The van der Waals surface area contributed by atoms with Gasteiger partial charge in [0, 0.05) is 25.0 Å². The third kappa shape index (κ3) is 2.68. The number of hydrogen-bond donors (Lipinski definition) is 2. The van der Waals surface area contributed by atoms with E-state index in [0.717, 1.165) is 17.8 Å². The summed E-state index contributed by atoms with van der Waals surface area (Å²) in [5.74, 6) is 0.623. The van der Waals surface area contributed by atoms with Gasteiger partial charge in [0.2, 0.25) is 0 Å². The van der Waals surface area contributed by atoms with Crippen LogP contribution in [0.4, 0.5) is 17.2 Å². The summed E-state index contributed by atoms with van der Waals surface area (Å²) in [6.07, 6.45) is 2.75. The summed E-state index contributed by atoms with van der Waals surface area (Å²) >= 11 is 5.84. The van der Waals surface area contributed by atoms with Crippen LogP contribution in [0.1, 0.15) is 12.6 Å². The highest BCUT2D eigenvalue weighted by Crippen LogP contribution is 2.22. The molecule has 0 aliphatic carbocycles. The van der Waals surface area contributed by atoms with E-state index in [2.05, 4.69) is 15.4 Å². The number of hydrogen-bond acceptors (Lipinski definition) is 4. The molecule has 0 fully saturated rings. The highest BCUT2D eigenvalue weighted by molar-refractivity contribution is 6.29. The third-order valence-corrected chi connectivity index (χ3v) is 2.51. The van der Waals surface area contributed by atoms with Crippen LogP contribution in [0.15, 0.2) is 18.3 Å². The Balaban J connectivity index is 2.30. The van der Waals surface area contributed by atoms with Gasteiger partial charge in [0.05, 0.1) is 11.4 Å². The molecule has 2 aromatic heterocycles. The first-order valence-electron chi connectivity index (χ1n) is 5.31. The average Bonchev–Trinajstić information content (AvgIpc) is 2.57. The van der Waals surface area contributed by atoms with Crippen LogP contribution < -0.4 is 11.1 Å². The highest BCUT2D eigenvalue weighted by atomic mass is 35.5. The summed E-state index contributed by atoms with van der Waals surface area (Å²) < 4.78 is 1.76. The fourth-order valence-corrected chi connectivity index (χ4v) is 1.84. The van der Waals surface area contributed by atoms with Crippen molar-refractivity contribution >= 4 is 28.8 Å². The van der Waals surface area contributed by atoms with Crippen LogP contribution in [0.25, 0.3) is 0 Å². The van der Waals surface area contributed by atoms with Crippen LogP contribution in [-0.4, -0.2) is 14.8 Å². The normalized spacial score (nSPS) is 10.5. The number of nitrogen functional groups attached to an aromatic ring is 1. The molecular formula is C11H14ClN5. The Morgan fingerprint density at radius 1 is 1.47 bits per heavy atom. The fourth-order valence-electron chi connectivity index (χ4n) is 1.62. The molecule has 0 atom stereocenters. The minimum Gasteiger partial charge on any atom is -0.399 e. The second-order valence-corrected chi connectivity index (χ2v) is 4.14. The molecule has 0 aliphatic heterocycles. The Labute approximate surface area is 105 Å². The maximum Gasteiger partial charge on any atom is 0.134 e. The maximum absolute atomic E-state index is 5.84. The summed E-state index contributed by atoms with van der Waals surface area (Å²) in [7, 11) is 1.88. The molecule has 0 saturated carbocycles. The van der Waals surface area contributed by atoms with Gasteiger partial charge in [-0.2, -0.15) is 5.10 Å². The largest absolute Gasteiger partial charge is 0.399 e. The first-order valence-corrected chi connectivity index (χ1v) is 5.69. The zero-order valence-corrected chi connectivity index (χ0v) is 10.5. The lowest BCUT2D eigenvalue weighted by atomic mass is 10.3. The van der Waals surface area contributed by atoms with Crippen molar-refractivity contribution in [1.29, 1.82) is 0 Å². The van der Waals surface area contributed by atoms with E-state index in [4.69, 9.17) is 17.3 Å². The molecule has 0 bridgehead atoms. The molecule has 5 nitrogen and oxygen atoms in total. The van der Waals surface area contributed by atoms with E-state index in [-0.39, 0.29) is 0 Å². The molecule has 17 heavy (non-hydrogen) atoms. The Hall–Kier alpha value is -1.75. The lowest BCUT2D eigenvalue weighted by Gasteiger charge is -2.05. The molecule has 2 aromatic rings. The zero-order chi connectivity index (χ0) is 12.4. The molecule has 0 amide bonds. The Kier molecular flexibility index (Phi) is 3.19. The second kappa shape index (κ2) is 4.63. The molecule has 0 spiro atoms. The highest BCUT2D eigenvalue weighted by Gasteiger charge is 2.07. The summed E-state index contributed by atoms with van der Waals surface area (Å²) in [4.78, 5) is 4.15. The molecule has 6 heteroatoms. The fraction of sp³-hybridized carbons (Fsp3) is 0.273. The summed E-state index contributed by atoms with van der Waals surface area (Å²) in [6.45, 7) is 2.05. The molecular weight excluding hydrogens is 238 g/mol. The summed E-state index contributed by atoms with van der Waals surface area (Å²) in [5.41, 5.74) is 8.18. The van der Waals surface area contributed by atoms with Gasteiger partial charge in [0.15, 0.2) is 0 Å². The number of nitrogens with one attached hydrogen (secondary N) is 1. The van der Waals surface area contributed by atoms with E-state index in [1.165, 1.54) is 0 Å². The standard InChI is InChI=1S/C11H14ClN5/c1-3-8-9(6-17(2)16-8)14-11-5-7(13)4-10(12)15-11/h4-6H,3H2,1-2H3,(H3,13,14,15). The number of aryl methyl sites for hydroxylation is 2. The summed E-state index contributed by atoms with van der Waals surface area (Å²) in [5, 5.41) is 7.87. The molecule has 2 rings (SSSR count). The predicted octanol–water partition coefficient (Wildman–Crippen LogP) is 2.36. The number of rotatable bonds is 3. The molecule has 0 radical (unpaired) electrons. The van der Waals surface area contributed by atoms with E-state index in [1.807, 2.05) is 20.2 Å². The Morgan fingerprint density at radius 3 is 2.88 bits per heavy atom. The van der Waals surface area contributed by atoms with Gasteiger partial charge in [-0.1, -0.05) is 18.5 Å². The van der Waals surface area contributed by atoms with Crippen molar-refractivity contribution in [2.45, 2.75) is 13.3 Å². The first kappa shape index (κ1) is 11.7. The molecule has 0 aromatic carbocycles. The van der Waals surface area contributed by atoms with Crippen molar-refractivity contribution in [3.63, 3.8) is 0 Å². The van der Waals surface area contributed by atoms with E-state index in [9.17, 15) is 0 Å². The molecule has 0 unspecified atom stereocenters. The van der Waals surface area contributed by atoms with Gasteiger partial charge in [-0.25, -0.2) is 4.98 Å². The number of nitrogens with zero attached hydrogens (tertiary/aromatic N) is 3. The quantitative estimate of drug-likeness (QED) is 0.822. The van der Waals surface area contributed by atoms with E-state index in [1.54, 1.807) is 16.8 Å². The Morgan fingerprint density at radius 2 is 2.24 bits per heavy atom. The number of pyridine rings is 1. The zero-order valence-electron chi connectivity index (χ0n) is 9.74. The van der Waals surface area contributed by atoms with Crippen LogP contribution >= 0.6 is 11.6 Å². The van der Waals surface area contributed by atoms with Crippen LogP contribution in [-0.2, 0) is 13.5 Å². The average molecular weight is 252 g/mol. The van der Waals surface area contributed by atoms with Gasteiger partial charge in [0.25, 0.3) is 0 Å². The smallest absolute Gasteiger partial charge is 0.134 e. The number of aromatic nitrogens is 3. The van der Waals surface area contributed by atoms with Crippen molar-refractivity contribution in [3.05, 3.63) is 29.2 Å². The van der Waals surface area contributed by atoms with E-state index in [0.29, 0.717) is 16.7 Å². The lowest BCUT2D eigenvalue weighted by Crippen LogP contribution is -1.97. The van der Waals surface area contributed by atoms with E-state index >= 15 is 0 Å². The minimum absolute atomic E-state index is 0.370. The van der Waals surface area contributed by atoms with Crippen LogP contribution in [0.5, 0.6) is 0 Å². The molecule has 3 N–H and O–H groups in total. The van der Waals surface area contributed by atoms with Crippen LogP contribution in [0, 0.1) is 0 Å². The van der Waals surface area contributed by atoms with Gasteiger partial charge >= 0.3 is 0 Å². The van der Waals surface area contributed by atoms with Gasteiger partial charge in [0.1, 0.15) is 11.0 Å². The minimum atomic E-state index is 0.370. The predicted molar refractivity (Wildman–Crippen MR) is 69.5 cm³/mol. The topological polar surface area (TPSA) is 68.8 Å². The van der Waals surface area contributed by atoms with Gasteiger partial charge < -0.3 is 11.1 Å². The van der Waals surface area contributed by atoms with E-state index < -0.39 is 0 Å². The summed E-state index contributed by atoms with van der Waals surface area (Å²) in [6, 6.07) is 3.34. The maximum atomic E-state index is 5.84. The number of nitrogens with two attached hydrogens (primary N) is 1. The first-order chi connectivity index (χ1) is 8.08. The van der Waals surface area contributed by atoms with Crippen LogP contribution in [0.2, 0.25) is 5.15 Å². The second-order valence-electron chi connectivity index (χ2n) is 3.75. The van der Waals surface area contributed by atoms with Gasteiger partial charge in [-0.15, -0.1) is 0 Å². The van der Waals surface area contributed by atoms with Crippen molar-refractivity contribution in [3.8, 4) is 0 Å². The van der Waals surface area contributed by atoms with Gasteiger partial charge in [-0.05, 0) is 12.5 Å². The SMILES string of the molecule is CCc1nn(C)cc1Nc1cc(N)cc(Cl)n1. The molecule has 0 saturated heterocycles. The van der Waals surface area contributed by atoms with Crippen molar-refractivity contribution in [1.82, 2.24) is 14.8 Å². The third-order valence-electron chi connectivity index (χ3n) is 2.32. The van der Waals surface area contributed by atoms with Crippen molar-refractivity contribution in [2.24, 2.45) is 7.05 Å². The molecule has 90 valence electrons. The lowest BCUT2D eigenvalue weighted by molar-refractivity contribution is 0.746. The monoisotopic (exact) mass is 251 g/mol. The van der Waals surface area contributed by atoms with Crippen molar-refractivity contribution < 1.29 is 0 Å². The number of anilines is 3. The van der Waals surface area contributed by atoms with Crippen molar-refractivity contribution in [2.75, 3.05) is 11.1 Å². The van der Waals surface area contributed by atoms with Gasteiger partial charge in [-0.3, -0.25) is 4.68 Å². The molecule has 0 aliphatic rings. The molecule has 2 heterocycles. The number of halogens is 1. The van der Waals surface area contributed by atoms with Crippen LogP contribution in [0.3, 0.4) is 0 Å².